The number of carboxylic acids is 1. The molecule has 4 heteroatoms. The highest BCUT2D eigenvalue weighted by molar-refractivity contribution is 5.89. The fraction of sp³-hybridized carbons (Fsp3) is 0.600. The molecule has 0 fully saturated rings. The normalized spacial score (nSPS) is 10.4. The lowest BCUT2D eigenvalue weighted by Gasteiger charge is -1.96. The quantitative estimate of drug-likeness (QED) is 0.736. The predicted molar refractivity (Wildman–Crippen MR) is 51.4 cm³/mol. The van der Waals surface area contributed by atoms with Gasteiger partial charge in [0.25, 0.3) is 0 Å². The third kappa shape index (κ3) is 2.34. The van der Waals surface area contributed by atoms with Gasteiger partial charge in [0.05, 0.1) is 5.69 Å². The van der Waals surface area contributed by atoms with Crippen LogP contribution in [0.3, 0.4) is 0 Å². The van der Waals surface area contributed by atoms with Crippen molar-refractivity contribution in [3.8, 4) is 0 Å². The molecule has 0 aromatic carbocycles. The van der Waals surface area contributed by atoms with E-state index in [-0.39, 0.29) is 5.56 Å². The first-order valence-corrected chi connectivity index (χ1v) is 4.85. The van der Waals surface area contributed by atoms with E-state index in [1.54, 1.807) is 6.92 Å². The molecule has 0 aliphatic rings. The predicted octanol–water partition coefficient (Wildman–Crippen LogP) is 2.41. The molecule has 4 nitrogen and oxygen atoms in total. The van der Waals surface area contributed by atoms with Gasteiger partial charge < -0.3 is 9.63 Å². The maximum atomic E-state index is 10.8. The molecular weight excluding hydrogens is 182 g/mol. The molecule has 78 valence electrons. The lowest BCUT2D eigenvalue weighted by molar-refractivity contribution is 0.0694. The summed E-state index contributed by atoms with van der Waals surface area (Å²) in [5, 5.41) is 12.6. The Bertz CT molecular complexity index is 317. The molecule has 0 radical (unpaired) electrons. The van der Waals surface area contributed by atoms with Crippen molar-refractivity contribution in [2.45, 2.75) is 39.5 Å². The Balaban J connectivity index is 2.71. The molecule has 1 aromatic heterocycles. The van der Waals surface area contributed by atoms with E-state index in [9.17, 15) is 4.79 Å². The van der Waals surface area contributed by atoms with Crippen LogP contribution in [0.1, 0.15) is 48.0 Å². The van der Waals surface area contributed by atoms with E-state index in [0.717, 1.165) is 19.3 Å². The van der Waals surface area contributed by atoms with Gasteiger partial charge in [0.1, 0.15) is 11.3 Å². The number of hydrogen-bond donors (Lipinski definition) is 1. The fourth-order valence-corrected chi connectivity index (χ4v) is 1.41. The summed E-state index contributed by atoms with van der Waals surface area (Å²) in [5.74, 6) is -0.556. The van der Waals surface area contributed by atoms with Crippen LogP contribution in [-0.4, -0.2) is 16.2 Å². The molecular formula is C10H15NO3. The zero-order valence-corrected chi connectivity index (χ0v) is 8.54. The van der Waals surface area contributed by atoms with Crippen LogP contribution in [0.15, 0.2) is 4.52 Å². The van der Waals surface area contributed by atoms with Crippen molar-refractivity contribution in [3.63, 3.8) is 0 Å². The van der Waals surface area contributed by atoms with Gasteiger partial charge in [-0.25, -0.2) is 4.79 Å². The van der Waals surface area contributed by atoms with Crippen LogP contribution < -0.4 is 0 Å². The van der Waals surface area contributed by atoms with Crippen LogP contribution >= 0.6 is 0 Å². The second kappa shape index (κ2) is 4.79. The Morgan fingerprint density at radius 3 is 2.79 bits per heavy atom. The molecule has 0 atom stereocenters. The molecule has 0 unspecified atom stereocenters. The van der Waals surface area contributed by atoms with E-state index >= 15 is 0 Å². The molecule has 1 aromatic rings. The first-order chi connectivity index (χ1) is 6.66. The molecule has 1 heterocycles. The molecule has 0 saturated heterocycles. The SMILES string of the molecule is CCCCCc1noc(C)c1C(=O)O. The van der Waals surface area contributed by atoms with Crippen LogP contribution in [0.5, 0.6) is 0 Å². The highest BCUT2D eigenvalue weighted by Gasteiger charge is 2.18. The minimum absolute atomic E-state index is 0.237. The van der Waals surface area contributed by atoms with Gasteiger partial charge in [0.15, 0.2) is 0 Å². The summed E-state index contributed by atoms with van der Waals surface area (Å²) in [5.41, 5.74) is 0.810. The monoisotopic (exact) mass is 197 g/mol. The molecule has 1 N–H and O–H groups in total. The first-order valence-electron chi connectivity index (χ1n) is 4.85. The topological polar surface area (TPSA) is 63.3 Å². The number of aryl methyl sites for hydroxylation is 2. The van der Waals surface area contributed by atoms with Gasteiger partial charge >= 0.3 is 5.97 Å². The number of carbonyl (C=O) groups is 1. The Morgan fingerprint density at radius 2 is 2.21 bits per heavy atom. The number of aromatic carboxylic acids is 1. The number of nitrogens with zero attached hydrogens (tertiary/aromatic N) is 1. The number of aromatic nitrogens is 1. The van der Waals surface area contributed by atoms with Gasteiger partial charge in [0, 0.05) is 0 Å². The molecule has 0 aliphatic carbocycles. The van der Waals surface area contributed by atoms with E-state index in [0.29, 0.717) is 17.9 Å². The minimum Gasteiger partial charge on any atom is -0.477 e. The van der Waals surface area contributed by atoms with Crippen LogP contribution in [0.2, 0.25) is 0 Å². The zero-order valence-electron chi connectivity index (χ0n) is 8.54. The molecule has 0 bridgehead atoms. The van der Waals surface area contributed by atoms with Crippen LogP contribution in [-0.2, 0) is 6.42 Å². The summed E-state index contributed by atoms with van der Waals surface area (Å²) in [6.45, 7) is 3.73. The molecule has 0 aliphatic heterocycles. The van der Waals surface area contributed by atoms with Gasteiger partial charge in [0.2, 0.25) is 0 Å². The summed E-state index contributed by atoms with van der Waals surface area (Å²) in [6.07, 6.45) is 3.85. The lowest BCUT2D eigenvalue weighted by Crippen LogP contribution is -2.02. The van der Waals surface area contributed by atoms with Crippen LogP contribution in [0.25, 0.3) is 0 Å². The molecule has 0 amide bonds. The zero-order chi connectivity index (χ0) is 10.6. The minimum atomic E-state index is -0.949. The van der Waals surface area contributed by atoms with Gasteiger partial charge in [-0.3, -0.25) is 0 Å². The maximum absolute atomic E-state index is 10.8. The summed E-state index contributed by atoms with van der Waals surface area (Å²) in [6, 6.07) is 0. The summed E-state index contributed by atoms with van der Waals surface area (Å²) < 4.78 is 4.86. The van der Waals surface area contributed by atoms with Crippen LogP contribution in [0.4, 0.5) is 0 Å². The summed E-state index contributed by atoms with van der Waals surface area (Å²) >= 11 is 0. The maximum Gasteiger partial charge on any atom is 0.341 e. The van der Waals surface area contributed by atoms with E-state index in [2.05, 4.69) is 12.1 Å². The standard InChI is InChI=1S/C10H15NO3/c1-3-4-5-6-8-9(10(12)13)7(2)14-11-8/h3-6H2,1-2H3,(H,12,13). The number of unbranched alkanes of at least 4 members (excludes halogenated alkanes) is 2. The van der Waals surface area contributed by atoms with Crippen molar-refractivity contribution in [1.29, 1.82) is 0 Å². The number of rotatable bonds is 5. The van der Waals surface area contributed by atoms with Gasteiger partial charge in [-0.2, -0.15) is 0 Å². The second-order valence-corrected chi connectivity index (χ2v) is 3.32. The summed E-state index contributed by atoms with van der Waals surface area (Å²) in [7, 11) is 0. The highest BCUT2D eigenvalue weighted by Crippen LogP contribution is 2.15. The third-order valence-corrected chi connectivity index (χ3v) is 2.16. The number of carboxylic acid groups (broad SMARTS) is 1. The largest absolute Gasteiger partial charge is 0.477 e. The highest BCUT2D eigenvalue weighted by atomic mass is 16.5. The van der Waals surface area contributed by atoms with Crippen molar-refractivity contribution in [1.82, 2.24) is 5.16 Å². The first kappa shape index (κ1) is 10.8. The van der Waals surface area contributed by atoms with Crippen molar-refractivity contribution >= 4 is 5.97 Å². The average Bonchev–Trinajstić information content (AvgIpc) is 2.47. The van der Waals surface area contributed by atoms with Crippen molar-refractivity contribution in [2.24, 2.45) is 0 Å². The molecule has 0 spiro atoms. The molecule has 14 heavy (non-hydrogen) atoms. The van der Waals surface area contributed by atoms with Gasteiger partial charge in [-0.1, -0.05) is 24.9 Å². The Hall–Kier alpha value is -1.32. The van der Waals surface area contributed by atoms with E-state index in [1.165, 1.54) is 0 Å². The van der Waals surface area contributed by atoms with E-state index < -0.39 is 5.97 Å². The average molecular weight is 197 g/mol. The van der Waals surface area contributed by atoms with E-state index in [1.807, 2.05) is 0 Å². The fourth-order valence-electron chi connectivity index (χ4n) is 1.41. The van der Waals surface area contributed by atoms with Gasteiger partial charge in [-0.15, -0.1) is 0 Å². The second-order valence-electron chi connectivity index (χ2n) is 3.32. The van der Waals surface area contributed by atoms with Crippen LogP contribution in [0, 0.1) is 6.92 Å². The Morgan fingerprint density at radius 1 is 1.50 bits per heavy atom. The number of hydrogen-bond acceptors (Lipinski definition) is 3. The van der Waals surface area contributed by atoms with Crippen molar-refractivity contribution in [2.75, 3.05) is 0 Å². The lowest BCUT2D eigenvalue weighted by atomic mass is 10.1. The van der Waals surface area contributed by atoms with Crippen molar-refractivity contribution in [3.05, 3.63) is 17.0 Å². The van der Waals surface area contributed by atoms with Crippen molar-refractivity contribution < 1.29 is 14.4 Å². The molecule has 1 rings (SSSR count). The molecule has 0 saturated carbocycles. The van der Waals surface area contributed by atoms with E-state index in [4.69, 9.17) is 9.63 Å². The van der Waals surface area contributed by atoms with Gasteiger partial charge in [-0.05, 0) is 19.8 Å². The smallest absolute Gasteiger partial charge is 0.341 e. The Labute approximate surface area is 82.9 Å². The summed E-state index contributed by atoms with van der Waals surface area (Å²) in [4.78, 5) is 10.8. The third-order valence-electron chi connectivity index (χ3n) is 2.16. The Kier molecular flexibility index (Phi) is 3.68.